The number of sulfonamides is 2. The van der Waals surface area contributed by atoms with E-state index < -0.39 is 20.0 Å². The number of nitrogens with one attached hydrogen (secondary N) is 2. The number of rotatable bonds is 10. The van der Waals surface area contributed by atoms with E-state index in [2.05, 4.69) is 9.44 Å². The quantitative estimate of drug-likeness (QED) is 0.680. The first-order valence-corrected chi connectivity index (χ1v) is 10.7. The van der Waals surface area contributed by atoms with Crippen LogP contribution in [0.5, 0.6) is 0 Å². The molecule has 0 heterocycles. The van der Waals surface area contributed by atoms with Gasteiger partial charge in [-0.15, -0.1) is 0 Å². The standard InChI is InChI=1S/C14H24N2O4S2/c1-3-5-11-21(17,18)15-13-7-9-14(10-8-13)16-22(19,20)12-6-4-2/h7-10,15-16H,3-6,11-12H2,1-2H3. The van der Waals surface area contributed by atoms with Gasteiger partial charge in [-0.2, -0.15) is 0 Å². The molecule has 0 spiro atoms. The lowest BCUT2D eigenvalue weighted by Crippen LogP contribution is -2.17. The smallest absolute Gasteiger partial charge is 0.232 e. The lowest BCUT2D eigenvalue weighted by atomic mass is 10.3. The van der Waals surface area contributed by atoms with Crippen LogP contribution < -0.4 is 9.44 Å². The number of hydrogen-bond donors (Lipinski definition) is 2. The molecule has 22 heavy (non-hydrogen) atoms. The Labute approximate surface area is 133 Å². The second-order valence-electron chi connectivity index (χ2n) is 5.13. The van der Waals surface area contributed by atoms with Crippen molar-refractivity contribution < 1.29 is 16.8 Å². The summed E-state index contributed by atoms with van der Waals surface area (Å²) in [5.41, 5.74) is 0.847. The Morgan fingerprint density at radius 1 is 0.727 bits per heavy atom. The molecule has 0 aliphatic rings. The molecule has 0 atom stereocenters. The van der Waals surface area contributed by atoms with Crippen molar-refractivity contribution in [2.24, 2.45) is 0 Å². The molecule has 1 aromatic carbocycles. The summed E-state index contributed by atoms with van der Waals surface area (Å²) in [6.45, 7) is 3.85. The minimum absolute atomic E-state index is 0.0783. The zero-order valence-electron chi connectivity index (χ0n) is 13.0. The van der Waals surface area contributed by atoms with Crippen LogP contribution >= 0.6 is 0 Å². The number of unbranched alkanes of at least 4 members (excludes halogenated alkanes) is 2. The Morgan fingerprint density at radius 2 is 1.05 bits per heavy atom. The molecule has 1 aromatic rings. The number of anilines is 2. The average Bonchev–Trinajstić information content (AvgIpc) is 2.45. The maximum Gasteiger partial charge on any atom is 0.232 e. The van der Waals surface area contributed by atoms with Crippen LogP contribution in [0.1, 0.15) is 39.5 Å². The first-order chi connectivity index (χ1) is 10.3. The first kappa shape index (κ1) is 18.8. The van der Waals surface area contributed by atoms with Gasteiger partial charge >= 0.3 is 0 Å². The Kier molecular flexibility index (Phi) is 7.15. The summed E-state index contributed by atoms with van der Waals surface area (Å²) < 4.78 is 52.0. The van der Waals surface area contributed by atoms with Crippen molar-refractivity contribution >= 4 is 31.4 Å². The highest BCUT2D eigenvalue weighted by Gasteiger charge is 2.11. The third kappa shape index (κ3) is 7.13. The second kappa shape index (κ2) is 8.38. The van der Waals surface area contributed by atoms with Gasteiger partial charge < -0.3 is 0 Å². The number of hydrogen-bond acceptors (Lipinski definition) is 4. The van der Waals surface area contributed by atoms with Gasteiger partial charge in [0.05, 0.1) is 11.5 Å². The zero-order valence-corrected chi connectivity index (χ0v) is 14.6. The number of benzene rings is 1. The topological polar surface area (TPSA) is 92.3 Å². The molecule has 0 fully saturated rings. The maximum absolute atomic E-state index is 11.8. The highest BCUT2D eigenvalue weighted by Crippen LogP contribution is 2.16. The molecule has 6 nitrogen and oxygen atoms in total. The van der Waals surface area contributed by atoms with Crippen LogP contribution in [0.3, 0.4) is 0 Å². The van der Waals surface area contributed by atoms with Gasteiger partial charge in [-0.1, -0.05) is 26.7 Å². The predicted molar refractivity (Wildman–Crippen MR) is 91.1 cm³/mol. The summed E-state index contributed by atoms with van der Waals surface area (Å²) in [6, 6.07) is 6.17. The van der Waals surface area contributed by atoms with Crippen LogP contribution in [-0.2, 0) is 20.0 Å². The molecule has 0 aliphatic carbocycles. The molecule has 0 saturated heterocycles. The molecule has 126 valence electrons. The average molecular weight is 348 g/mol. The molecule has 0 bridgehead atoms. The van der Waals surface area contributed by atoms with Crippen molar-refractivity contribution in [2.75, 3.05) is 20.9 Å². The van der Waals surface area contributed by atoms with Crippen LogP contribution in [0.2, 0.25) is 0 Å². The molecule has 0 radical (unpaired) electrons. The Morgan fingerprint density at radius 3 is 1.32 bits per heavy atom. The van der Waals surface area contributed by atoms with E-state index in [4.69, 9.17) is 0 Å². The van der Waals surface area contributed by atoms with Gasteiger partial charge in [0.1, 0.15) is 0 Å². The van der Waals surface area contributed by atoms with Crippen LogP contribution in [0, 0.1) is 0 Å². The Bertz CT molecular complexity index is 594. The minimum atomic E-state index is -3.35. The van der Waals surface area contributed by atoms with Gasteiger partial charge in [0.15, 0.2) is 0 Å². The fourth-order valence-corrected chi connectivity index (χ4v) is 4.27. The molecule has 0 amide bonds. The van der Waals surface area contributed by atoms with Crippen molar-refractivity contribution in [2.45, 2.75) is 39.5 Å². The Hall–Kier alpha value is -1.28. The maximum atomic E-state index is 11.8. The van der Waals surface area contributed by atoms with Crippen molar-refractivity contribution in [3.8, 4) is 0 Å². The lowest BCUT2D eigenvalue weighted by molar-refractivity contribution is 0.596. The summed E-state index contributed by atoms with van der Waals surface area (Å²) in [6.07, 6.45) is 2.81. The summed E-state index contributed by atoms with van der Waals surface area (Å²) in [7, 11) is -6.69. The van der Waals surface area contributed by atoms with Crippen LogP contribution in [0.25, 0.3) is 0 Å². The third-order valence-corrected chi connectivity index (χ3v) is 5.71. The van der Waals surface area contributed by atoms with Gasteiger partial charge in [-0.05, 0) is 37.1 Å². The molecule has 0 unspecified atom stereocenters. The molecule has 0 aromatic heterocycles. The van der Waals surface area contributed by atoms with E-state index >= 15 is 0 Å². The van der Waals surface area contributed by atoms with E-state index in [1.54, 1.807) is 24.3 Å². The summed E-state index contributed by atoms with van der Waals surface area (Å²) in [5.74, 6) is 0.157. The van der Waals surface area contributed by atoms with Gasteiger partial charge in [0.2, 0.25) is 20.0 Å². The van der Waals surface area contributed by atoms with Gasteiger partial charge in [0, 0.05) is 11.4 Å². The summed E-state index contributed by atoms with van der Waals surface area (Å²) >= 11 is 0. The molecular weight excluding hydrogens is 324 g/mol. The van der Waals surface area contributed by atoms with Gasteiger partial charge in [-0.25, -0.2) is 16.8 Å². The van der Waals surface area contributed by atoms with Crippen molar-refractivity contribution in [3.63, 3.8) is 0 Å². The Balaban J connectivity index is 2.67. The second-order valence-corrected chi connectivity index (χ2v) is 8.81. The van der Waals surface area contributed by atoms with E-state index in [1.807, 2.05) is 13.8 Å². The fourth-order valence-electron chi connectivity index (χ4n) is 1.74. The monoisotopic (exact) mass is 348 g/mol. The van der Waals surface area contributed by atoms with E-state index in [-0.39, 0.29) is 11.5 Å². The van der Waals surface area contributed by atoms with Crippen molar-refractivity contribution in [1.82, 2.24) is 0 Å². The molecule has 0 aliphatic heterocycles. The molecule has 1 rings (SSSR count). The highest BCUT2D eigenvalue weighted by atomic mass is 32.2. The van der Waals surface area contributed by atoms with E-state index in [0.29, 0.717) is 24.2 Å². The van der Waals surface area contributed by atoms with Gasteiger partial charge in [-0.3, -0.25) is 9.44 Å². The van der Waals surface area contributed by atoms with Crippen LogP contribution in [0.4, 0.5) is 11.4 Å². The minimum Gasteiger partial charge on any atom is -0.284 e. The lowest BCUT2D eigenvalue weighted by Gasteiger charge is -2.10. The first-order valence-electron chi connectivity index (χ1n) is 7.39. The molecule has 0 saturated carbocycles. The highest BCUT2D eigenvalue weighted by molar-refractivity contribution is 7.92. The molecule has 2 N–H and O–H groups in total. The molecular formula is C14H24N2O4S2. The van der Waals surface area contributed by atoms with E-state index in [1.165, 1.54) is 0 Å². The normalized spacial score (nSPS) is 12.1. The van der Waals surface area contributed by atoms with Gasteiger partial charge in [0.25, 0.3) is 0 Å². The largest absolute Gasteiger partial charge is 0.284 e. The summed E-state index contributed by atoms with van der Waals surface area (Å²) in [4.78, 5) is 0. The summed E-state index contributed by atoms with van der Waals surface area (Å²) in [5, 5.41) is 0. The predicted octanol–water partition coefficient (Wildman–Crippen LogP) is 2.77. The van der Waals surface area contributed by atoms with Crippen molar-refractivity contribution in [1.29, 1.82) is 0 Å². The zero-order chi connectivity index (χ0) is 16.6. The van der Waals surface area contributed by atoms with Crippen LogP contribution in [-0.4, -0.2) is 28.3 Å². The SMILES string of the molecule is CCCCS(=O)(=O)Nc1ccc(NS(=O)(=O)CCCC)cc1. The van der Waals surface area contributed by atoms with E-state index in [0.717, 1.165) is 12.8 Å². The van der Waals surface area contributed by atoms with E-state index in [9.17, 15) is 16.8 Å². The van der Waals surface area contributed by atoms with Crippen molar-refractivity contribution in [3.05, 3.63) is 24.3 Å². The third-order valence-electron chi connectivity index (χ3n) is 2.96. The fraction of sp³-hybridized carbons (Fsp3) is 0.571. The van der Waals surface area contributed by atoms with Crippen LogP contribution in [0.15, 0.2) is 24.3 Å². The molecule has 8 heteroatoms.